The Morgan fingerprint density at radius 3 is 2.20 bits per heavy atom. The Bertz CT molecular complexity index is 563. The molecule has 1 atom stereocenters. The van der Waals surface area contributed by atoms with Gasteiger partial charge < -0.3 is 9.47 Å². The van der Waals surface area contributed by atoms with Crippen LogP contribution >= 0.6 is 0 Å². The lowest BCUT2D eigenvalue weighted by atomic mass is 9.97. The van der Waals surface area contributed by atoms with E-state index in [9.17, 15) is 4.79 Å². The minimum absolute atomic E-state index is 0.261. The number of benzene rings is 2. The molecule has 0 heterocycles. The number of hydrogen-bond acceptors (Lipinski definition) is 3. The minimum Gasteiger partial charge on any atom is -0.493 e. The molecule has 3 heteroatoms. The molecule has 0 bridgehead atoms. The van der Waals surface area contributed by atoms with Crippen LogP contribution in [-0.4, -0.2) is 13.1 Å². The third-order valence-electron chi connectivity index (χ3n) is 3.17. The quantitative estimate of drug-likeness (QED) is 0.612. The zero-order valence-electron chi connectivity index (χ0n) is 11.7. The summed E-state index contributed by atoms with van der Waals surface area (Å²) >= 11 is 0. The zero-order valence-corrected chi connectivity index (χ0v) is 11.7. The lowest BCUT2D eigenvalue weighted by Gasteiger charge is -2.15. The van der Waals surface area contributed by atoms with E-state index >= 15 is 0 Å². The largest absolute Gasteiger partial charge is 0.493 e. The number of ether oxygens (including phenoxy) is 2. The number of rotatable bonds is 5. The first-order valence-electron chi connectivity index (χ1n) is 6.66. The highest BCUT2D eigenvalue weighted by Gasteiger charge is 2.21. The van der Waals surface area contributed by atoms with Gasteiger partial charge in [-0.25, -0.2) is 0 Å². The van der Waals surface area contributed by atoms with Crippen LogP contribution in [0.4, 0.5) is 0 Å². The van der Waals surface area contributed by atoms with E-state index in [1.54, 1.807) is 19.2 Å². The summed E-state index contributed by atoms with van der Waals surface area (Å²) in [5.41, 5.74) is 0.967. The van der Waals surface area contributed by atoms with Crippen molar-refractivity contribution in [2.45, 2.75) is 19.3 Å². The molecule has 20 heavy (non-hydrogen) atoms. The molecule has 0 amide bonds. The van der Waals surface area contributed by atoms with E-state index in [4.69, 9.17) is 9.47 Å². The van der Waals surface area contributed by atoms with E-state index in [0.717, 1.165) is 5.56 Å². The molecule has 0 fully saturated rings. The van der Waals surface area contributed by atoms with E-state index < -0.39 is 0 Å². The van der Waals surface area contributed by atoms with Gasteiger partial charge in [0.05, 0.1) is 13.0 Å². The molecule has 2 rings (SSSR count). The van der Waals surface area contributed by atoms with Gasteiger partial charge in [0, 0.05) is 0 Å². The van der Waals surface area contributed by atoms with Crippen LogP contribution in [0.2, 0.25) is 0 Å². The highest BCUT2D eigenvalue weighted by atomic mass is 16.6. The number of carbonyl (C=O) groups is 1. The molecule has 0 spiro atoms. The predicted octanol–water partition coefficient (Wildman–Crippen LogP) is 3.79. The summed E-state index contributed by atoms with van der Waals surface area (Å²) in [6, 6.07) is 16.8. The summed E-state index contributed by atoms with van der Waals surface area (Å²) in [4.78, 5) is 12.3. The lowest BCUT2D eigenvalue weighted by Crippen LogP contribution is -2.18. The maximum absolute atomic E-state index is 12.3. The van der Waals surface area contributed by atoms with Gasteiger partial charge in [0.25, 0.3) is 0 Å². The second-order valence-corrected chi connectivity index (χ2v) is 4.44. The Morgan fingerprint density at radius 2 is 1.60 bits per heavy atom. The van der Waals surface area contributed by atoms with Gasteiger partial charge in [0.15, 0.2) is 11.5 Å². The average Bonchev–Trinajstić information content (AvgIpc) is 2.49. The topological polar surface area (TPSA) is 35.5 Å². The van der Waals surface area contributed by atoms with Crippen LogP contribution in [0.1, 0.15) is 24.8 Å². The van der Waals surface area contributed by atoms with Gasteiger partial charge in [-0.1, -0.05) is 49.4 Å². The summed E-state index contributed by atoms with van der Waals surface area (Å²) in [7, 11) is 1.56. The number of methoxy groups -OCH3 is 1. The fourth-order valence-electron chi connectivity index (χ4n) is 2.11. The van der Waals surface area contributed by atoms with Crippen LogP contribution in [-0.2, 0) is 4.79 Å². The van der Waals surface area contributed by atoms with Crippen molar-refractivity contribution in [3.63, 3.8) is 0 Å². The molecule has 0 aliphatic carbocycles. The molecular weight excluding hydrogens is 252 g/mol. The molecule has 0 saturated carbocycles. The summed E-state index contributed by atoms with van der Waals surface area (Å²) in [6.07, 6.45) is 0.692. The van der Waals surface area contributed by atoms with Gasteiger partial charge in [0.1, 0.15) is 0 Å². The van der Waals surface area contributed by atoms with Crippen LogP contribution in [0, 0.1) is 0 Å². The third-order valence-corrected chi connectivity index (χ3v) is 3.17. The number of hydrogen-bond donors (Lipinski definition) is 0. The molecule has 0 saturated heterocycles. The molecule has 0 N–H and O–H groups in total. The first kappa shape index (κ1) is 14.1. The SMILES string of the molecule is CC[C@@H](C(=O)Oc1ccccc1OC)c1ccccc1. The highest BCUT2D eigenvalue weighted by molar-refractivity contribution is 5.80. The number of esters is 1. The maximum atomic E-state index is 12.3. The molecule has 2 aromatic carbocycles. The summed E-state index contributed by atoms with van der Waals surface area (Å²) in [5, 5.41) is 0. The molecule has 0 unspecified atom stereocenters. The predicted molar refractivity (Wildman–Crippen MR) is 78.1 cm³/mol. The van der Waals surface area contributed by atoms with Crippen molar-refractivity contribution in [2.24, 2.45) is 0 Å². The van der Waals surface area contributed by atoms with Crippen LogP contribution in [0.25, 0.3) is 0 Å². The van der Waals surface area contributed by atoms with E-state index in [-0.39, 0.29) is 11.9 Å². The van der Waals surface area contributed by atoms with Crippen molar-refractivity contribution >= 4 is 5.97 Å². The Hall–Kier alpha value is -2.29. The molecule has 3 nitrogen and oxygen atoms in total. The van der Waals surface area contributed by atoms with Gasteiger partial charge in [-0.2, -0.15) is 0 Å². The normalized spacial score (nSPS) is 11.7. The summed E-state index contributed by atoms with van der Waals surface area (Å²) in [5.74, 6) is 0.488. The number of carbonyl (C=O) groups excluding carboxylic acids is 1. The molecule has 0 radical (unpaired) electrons. The zero-order chi connectivity index (χ0) is 14.4. The minimum atomic E-state index is -0.263. The fraction of sp³-hybridized carbons (Fsp3) is 0.235. The van der Waals surface area contributed by atoms with Crippen molar-refractivity contribution in [2.75, 3.05) is 7.11 Å². The second kappa shape index (κ2) is 6.75. The first-order chi connectivity index (χ1) is 9.76. The first-order valence-corrected chi connectivity index (χ1v) is 6.66. The van der Waals surface area contributed by atoms with Gasteiger partial charge in [0.2, 0.25) is 0 Å². The van der Waals surface area contributed by atoms with Crippen LogP contribution in [0.3, 0.4) is 0 Å². The van der Waals surface area contributed by atoms with E-state index in [2.05, 4.69) is 0 Å². The van der Waals surface area contributed by atoms with Gasteiger partial charge >= 0.3 is 5.97 Å². The van der Waals surface area contributed by atoms with Gasteiger partial charge in [-0.3, -0.25) is 4.79 Å². The van der Waals surface area contributed by atoms with Crippen molar-refractivity contribution in [3.8, 4) is 11.5 Å². The summed E-state index contributed by atoms with van der Waals surface area (Å²) in [6.45, 7) is 1.97. The maximum Gasteiger partial charge on any atom is 0.318 e. The Morgan fingerprint density at radius 1 is 1.00 bits per heavy atom. The summed E-state index contributed by atoms with van der Waals surface area (Å²) < 4.78 is 10.7. The van der Waals surface area contributed by atoms with Crippen LogP contribution in [0.5, 0.6) is 11.5 Å². The Labute approximate surface area is 119 Å². The van der Waals surface area contributed by atoms with Gasteiger partial charge in [-0.15, -0.1) is 0 Å². The van der Waals surface area contributed by atoms with E-state index in [0.29, 0.717) is 17.9 Å². The molecule has 2 aromatic rings. The Balaban J connectivity index is 2.18. The fourth-order valence-corrected chi connectivity index (χ4v) is 2.11. The molecular formula is C17H18O3. The van der Waals surface area contributed by atoms with Crippen LogP contribution < -0.4 is 9.47 Å². The monoisotopic (exact) mass is 270 g/mol. The van der Waals surface area contributed by atoms with Gasteiger partial charge in [-0.05, 0) is 24.1 Å². The van der Waals surface area contributed by atoms with Crippen molar-refractivity contribution in [1.82, 2.24) is 0 Å². The Kier molecular flexibility index (Phi) is 4.77. The van der Waals surface area contributed by atoms with E-state index in [1.807, 2.05) is 49.4 Å². The number of para-hydroxylation sites is 2. The van der Waals surface area contributed by atoms with E-state index in [1.165, 1.54) is 0 Å². The molecule has 0 aliphatic rings. The molecule has 104 valence electrons. The standard InChI is InChI=1S/C17H18O3/c1-3-14(13-9-5-4-6-10-13)17(18)20-16-12-8-7-11-15(16)19-2/h4-12,14H,3H2,1-2H3/t14-/m1/s1. The lowest BCUT2D eigenvalue weighted by molar-refractivity contribution is -0.136. The van der Waals surface area contributed by atoms with Crippen molar-refractivity contribution in [3.05, 3.63) is 60.2 Å². The van der Waals surface area contributed by atoms with Crippen LogP contribution in [0.15, 0.2) is 54.6 Å². The van der Waals surface area contributed by atoms with Crippen molar-refractivity contribution in [1.29, 1.82) is 0 Å². The molecule has 0 aliphatic heterocycles. The second-order valence-electron chi connectivity index (χ2n) is 4.44. The van der Waals surface area contributed by atoms with Crippen molar-refractivity contribution < 1.29 is 14.3 Å². The third kappa shape index (κ3) is 3.18. The average molecular weight is 270 g/mol. The highest BCUT2D eigenvalue weighted by Crippen LogP contribution is 2.29. The smallest absolute Gasteiger partial charge is 0.318 e. The molecule has 0 aromatic heterocycles.